The molecule has 2 rings (SSSR count). The molecule has 92 valence electrons. The highest BCUT2D eigenvalue weighted by molar-refractivity contribution is 6.06. The standard InChI is InChI=1S/C11H16N4O2/c1-4-14-6-8(5-12-14)7-15-10(17)13-9(16)11(15,2)3/h5-6H,4,7H2,1-3H3,(H,13,16,17). The molecule has 0 spiro atoms. The van der Waals surface area contributed by atoms with Crippen LogP contribution in [0.1, 0.15) is 26.3 Å². The lowest BCUT2D eigenvalue weighted by Crippen LogP contribution is -2.43. The summed E-state index contributed by atoms with van der Waals surface area (Å²) in [5.41, 5.74) is 0.121. The van der Waals surface area contributed by atoms with Crippen molar-refractivity contribution >= 4 is 11.9 Å². The minimum absolute atomic E-state index is 0.259. The van der Waals surface area contributed by atoms with E-state index in [1.807, 2.05) is 13.1 Å². The minimum Gasteiger partial charge on any atom is -0.306 e. The predicted molar refractivity (Wildman–Crippen MR) is 61.1 cm³/mol. The monoisotopic (exact) mass is 236 g/mol. The highest BCUT2D eigenvalue weighted by Crippen LogP contribution is 2.23. The van der Waals surface area contributed by atoms with E-state index in [1.165, 1.54) is 4.90 Å². The Balaban J connectivity index is 2.18. The molecule has 3 amide bonds. The van der Waals surface area contributed by atoms with Crippen LogP contribution in [-0.4, -0.2) is 32.2 Å². The summed E-state index contributed by atoms with van der Waals surface area (Å²) in [4.78, 5) is 24.7. The first kappa shape index (κ1) is 11.6. The van der Waals surface area contributed by atoms with E-state index < -0.39 is 5.54 Å². The van der Waals surface area contributed by atoms with Gasteiger partial charge in [0.15, 0.2) is 0 Å². The fourth-order valence-electron chi connectivity index (χ4n) is 1.81. The summed E-state index contributed by atoms with van der Waals surface area (Å²) in [5, 5.41) is 6.46. The number of aromatic nitrogens is 2. The van der Waals surface area contributed by atoms with Crippen molar-refractivity contribution in [3.63, 3.8) is 0 Å². The molecule has 1 fully saturated rings. The van der Waals surface area contributed by atoms with Crippen molar-refractivity contribution in [3.05, 3.63) is 18.0 Å². The molecule has 0 bridgehead atoms. The SMILES string of the molecule is CCn1cc(CN2C(=O)NC(=O)C2(C)C)cn1. The van der Waals surface area contributed by atoms with Crippen LogP contribution >= 0.6 is 0 Å². The molecule has 0 radical (unpaired) electrons. The van der Waals surface area contributed by atoms with E-state index in [0.717, 1.165) is 12.1 Å². The first-order valence-corrected chi connectivity index (χ1v) is 5.59. The molecule has 1 aromatic heterocycles. The molecular formula is C11H16N4O2. The van der Waals surface area contributed by atoms with Crippen molar-refractivity contribution in [2.24, 2.45) is 0 Å². The summed E-state index contributed by atoms with van der Waals surface area (Å²) < 4.78 is 1.79. The molecule has 2 heterocycles. The lowest BCUT2D eigenvalue weighted by molar-refractivity contribution is -0.125. The average molecular weight is 236 g/mol. The fraction of sp³-hybridized carbons (Fsp3) is 0.545. The molecule has 0 saturated carbocycles. The van der Waals surface area contributed by atoms with E-state index >= 15 is 0 Å². The van der Waals surface area contributed by atoms with Crippen LogP contribution in [0, 0.1) is 0 Å². The Kier molecular flexibility index (Phi) is 2.65. The summed E-state index contributed by atoms with van der Waals surface area (Å²) in [5.74, 6) is -0.259. The molecule has 1 aromatic rings. The third-order valence-electron chi connectivity index (χ3n) is 3.05. The zero-order chi connectivity index (χ0) is 12.6. The van der Waals surface area contributed by atoms with E-state index in [9.17, 15) is 9.59 Å². The Morgan fingerprint density at radius 1 is 1.41 bits per heavy atom. The van der Waals surface area contributed by atoms with Crippen molar-refractivity contribution in [1.29, 1.82) is 0 Å². The quantitative estimate of drug-likeness (QED) is 0.787. The van der Waals surface area contributed by atoms with Crippen LogP contribution in [0.2, 0.25) is 0 Å². The Labute approximate surface area is 99.6 Å². The number of carbonyl (C=O) groups is 2. The normalized spacial score (nSPS) is 18.6. The van der Waals surface area contributed by atoms with Crippen molar-refractivity contribution in [2.75, 3.05) is 0 Å². The zero-order valence-electron chi connectivity index (χ0n) is 10.2. The fourth-order valence-corrected chi connectivity index (χ4v) is 1.81. The lowest BCUT2D eigenvalue weighted by atomic mass is 10.0. The molecule has 0 aromatic carbocycles. The zero-order valence-corrected chi connectivity index (χ0v) is 10.2. The Morgan fingerprint density at radius 3 is 2.59 bits per heavy atom. The van der Waals surface area contributed by atoms with Gasteiger partial charge in [0.1, 0.15) is 5.54 Å². The van der Waals surface area contributed by atoms with Gasteiger partial charge in [0.05, 0.1) is 12.7 Å². The molecule has 0 aliphatic carbocycles. The number of hydrogen-bond donors (Lipinski definition) is 1. The second-order valence-electron chi connectivity index (χ2n) is 4.61. The number of nitrogens with zero attached hydrogens (tertiary/aromatic N) is 3. The van der Waals surface area contributed by atoms with Crippen LogP contribution in [0.3, 0.4) is 0 Å². The van der Waals surface area contributed by atoms with E-state index in [1.54, 1.807) is 24.7 Å². The van der Waals surface area contributed by atoms with E-state index in [-0.39, 0.29) is 11.9 Å². The number of urea groups is 1. The first-order valence-electron chi connectivity index (χ1n) is 5.59. The van der Waals surface area contributed by atoms with Crippen LogP contribution in [0.4, 0.5) is 4.79 Å². The summed E-state index contributed by atoms with van der Waals surface area (Å²) in [7, 11) is 0. The molecule has 1 saturated heterocycles. The number of amides is 3. The summed E-state index contributed by atoms with van der Waals surface area (Å²) >= 11 is 0. The Hall–Kier alpha value is -1.85. The molecule has 0 atom stereocenters. The van der Waals surface area contributed by atoms with Gasteiger partial charge in [0.25, 0.3) is 5.91 Å². The van der Waals surface area contributed by atoms with E-state index in [2.05, 4.69) is 10.4 Å². The Bertz CT molecular complexity index is 464. The van der Waals surface area contributed by atoms with Crippen LogP contribution in [-0.2, 0) is 17.9 Å². The van der Waals surface area contributed by atoms with E-state index in [0.29, 0.717) is 6.54 Å². The van der Waals surface area contributed by atoms with Gasteiger partial charge in [-0.2, -0.15) is 5.10 Å². The Morgan fingerprint density at radius 2 is 2.12 bits per heavy atom. The summed E-state index contributed by atoms with van der Waals surface area (Å²) in [6.07, 6.45) is 3.60. The van der Waals surface area contributed by atoms with Gasteiger partial charge in [-0.3, -0.25) is 14.8 Å². The maximum atomic E-state index is 11.6. The first-order chi connectivity index (χ1) is 7.95. The van der Waals surface area contributed by atoms with Crippen LogP contribution in [0.5, 0.6) is 0 Å². The van der Waals surface area contributed by atoms with Crippen molar-refractivity contribution in [3.8, 4) is 0 Å². The molecule has 1 N–H and O–H groups in total. The van der Waals surface area contributed by atoms with Gasteiger partial charge in [-0.15, -0.1) is 0 Å². The number of nitrogens with one attached hydrogen (secondary N) is 1. The number of hydrogen-bond acceptors (Lipinski definition) is 3. The third-order valence-corrected chi connectivity index (χ3v) is 3.05. The van der Waals surface area contributed by atoms with Crippen LogP contribution in [0.25, 0.3) is 0 Å². The maximum Gasteiger partial charge on any atom is 0.325 e. The molecule has 6 nitrogen and oxygen atoms in total. The minimum atomic E-state index is -0.800. The van der Waals surface area contributed by atoms with Crippen molar-refractivity contribution < 1.29 is 9.59 Å². The number of aryl methyl sites for hydroxylation is 1. The van der Waals surface area contributed by atoms with Gasteiger partial charge in [0, 0.05) is 18.3 Å². The maximum absolute atomic E-state index is 11.6. The predicted octanol–water partition coefficient (Wildman–Crippen LogP) is 0.733. The van der Waals surface area contributed by atoms with Gasteiger partial charge in [-0.05, 0) is 20.8 Å². The van der Waals surface area contributed by atoms with Gasteiger partial charge in [-0.1, -0.05) is 0 Å². The van der Waals surface area contributed by atoms with E-state index in [4.69, 9.17) is 0 Å². The summed E-state index contributed by atoms with van der Waals surface area (Å²) in [6.45, 7) is 6.64. The highest BCUT2D eigenvalue weighted by atomic mass is 16.2. The molecular weight excluding hydrogens is 220 g/mol. The number of rotatable bonds is 3. The largest absolute Gasteiger partial charge is 0.325 e. The number of carbonyl (C=O) groups excluding carboxylic acids is 2. The summed E-state index contributed by atoms with van der Waals surface area (Å²) in [6, 6.07) is -0.343. The number of imide groups is 1. The smallest absolute Gasteiger partial charge is 0.306 e. The van der Waals surface area contributed by atoms with Crippen LogP contribution in [0.15, 0.2) is 12.4 Å². The highest BCUT2D eigenvalue weighted by Gasteiger charge is 2.45. The molecule has 1 aliphatic heterocycles. The average Bonchev–Trinajstić information content (AvgIpc) is 2.79. The van der Waals surface area contributed by atoms with Gasteiger partial charge < -0.3 is 4.90 Å². The lowest BCUT2D eigenvalue weighted by Gasteiger charge is -2.27. The van der Waals surface area contributed by atoms with Gasteiger partial charge in [-0.25, -0.2) is 4.79 Å². The van der Waals surface area contributed by atoms with Gasteiger partial charge >= 0.3 is 6.03 Å². The van der Waals surface area contributed by atoms with Crippen molar-refractivity contribution in [2.45, 2.75) is 39.4 Å². The second-order valence-corrected chi connectivity index (χ2v) is 4.61. The van der Waals surface area contributed by atoms with Gasteiger partial charge in [0.2, 0.25) is 0 Å². The molecule has 0 unspecified atom stereocenters. The van der Waals surface area contributed by atoms with Crippen LogP contribution < -0.4 is 5.32 Å². The second kappa shape index (κ2) is 3.87. The molecule has 6 heteroatoms. The topological polar surface area (TPSA) is 67.2 Å². The van der Waals surface area contributed by atoms with Crippen molar-refractivity contribution in [1.82, 2.24) is 20.0 Å². The molecule has 1 aliphatic rings. The third kappa shape index (κ3) is 1.90. The molecule has 17 heavy (non-hydrogen) atoms.